The second-order valence-corrected chi connectivity index (χ2v) is 5.63. The van der Waals surface area contributed by atoms with Gasteiger partial charge >= 0.3 is 0 Å². The summed E-state index contributed by atoms with van der Waals surface area (Å²) in [5.74, 6) is -0.131. The van der Waals surface area contributed by atoms with Gasteiger partial charge in [0, 0.05) is 11.5 Å². The van der Waals surface area contributed by atoms with Gasteiger partial charge in [-0.3, -0.25) is 0 Å². The minimum Gasteiger partial charge on any atom is -0.362 e. The molecule has 1 saturated heterocycles. The average Bonchev–Trinajstić information content (AvgIpc) is 2.41. The van der Waals surface area contributed by atoms with Gasteiger partial charge in [-0.1, -0.05) is 58.0 Å². The first-order chi connectivity index (χ1) is 8.50. The van der Waals surface area contributed by atoms with Crippen LogP contribution in [0.4, 0.5) is 0 Å². The Morgan fingerprint density at radius 2 is 1.72 bits per heavy atom. The first-order valence-corrected chi connectivity index (χ1v) is 6.96. The molecule has 2 nitrogen and oxygen atoms in total. The fourth-order valence-electron chi connectivity index (χ4n) is 3.06. The topological polar surface area (TPSA) is 29.5 Å². The van der Waals surface area contributed by atoms with Crippen LogP contribution >= 0.6 is 0 Å². The van der Waals surface area contributed by atoms with E-state index in [1.165, 1.54) is 0 Å². The molecular formula is C16H24O2. The molecule has 0 spiro atoms. The fourth-order valence-corrected chi connectivity index (χ4v) is 3.06. The van der Waals surface area contributed by atoms with E-state index in [1.54, 1.807) is 0 Å². The van der Waals surface area contributed by atoms with Crippen LogP contribution in [-0.2, 0) is 10.5 Å². The standard InChI is InChI=1S/C16H24O2/c1-5-15-12(3)11(2)13(4)16(17,18-15)14-9-7-6-8-10-14/h6-13,15,17H,5H2,1-4H3/t11-,12-,13+,15+,16?/m0/s1. The van der Waals surface area contributed by atoms with E-state index in [2.05, 4.69) is 27.7 Å². The van der Waals surface area contributed by atoms with Gasteiger partial charge in [0.05, 0.1) is 6.10 Å². The molecule has 1 aliphatic rings. The average molecular weight is 248 g/mol. The van der Waals surface area contributed by atoms with Crippen molar-refractivity contribution in [2.24, 2.45) is 17.8 Å². The van der Waals surface area contributed by atoms with Crippen LogP contribution in [0, 0.1) is 17.8 Å². The van der Waals surface area contributed by atoms with Crippen LogP contribution in [0.5, 0.6) is 0 Å². The zero-order valence-electron chi connectivity index (χ0n) is 11.8. The van der Waals surface area contributed by atoms with Crippen LogP contribution in [0.2, 0.25) is 0 Å². The van der Waals surface area contributed by atoms with E-state index < -0.39 is 5.79 Å². The lowest BCUT2D eigenvalue weighted by Crippen LogP contribution is -2.51. The fraction of sp³-hybridized carbons (Fsp3) is 0.625. The van der Waals surface area contributed by atoms with Crippen molar-refractivity contribution in [2.75, 3.05) is 0 Å². The molecule has 2 rings (SSSR count). The molecule has 0 aliphatic carbocycles. The van der Waals surface area contributed by atoms with E-state index in [0.717, 1.165) is 12.0 Å². The van der Waals surface area contributed by atoms with Crippen LogP contribution in [0.25, 0.3) is 0 Å². The Morgan fingerprint density at radius 1 is 1.11 bits per heavy atom. The zero-order chi connectivity index (χ0) is 13.3. The minimum absolute atomic E-state index is 0.0951. The maximum Gasteiger partial charge on any atom is 0.195 e. The van der Waals surface area contributed by atoms with E-state index in [9.17, 15) is 5.11 Å². The van der Waals surface area contributed by atoms with Crippen molar-refractivity contribution in [3.63, 3.8) is 0 Å². The summed E-state index contributed by atoms with van der Waals surface area (Å²) in [4.78, 5) is 0. The third kappa shape index (κ3) is 2.08. The quantitative estimate of drug-likeness (QED) is 0.867. The Hall–Kier alpha value is -0.860. The maximum absolute atomic E-state index is 11.0. The molecule has 0 saturated carbocycles. The Morgan fingerprint density at radius 3 is 2.28 bits per heavy atom. The number of ether oxygens (including phenoxy) is 1. The van der Waals surface area contributed by atoms with Crippen LogP contribution in [0.15, 0.2) is 30.3 Å². The lowest BCUT2D eigenvalue weighted by Gasteiger charge is -2.49. The van der Waals surface area contributed by atoms with Crippen molar-refractivity contribution in [1.82, 2.24) is 0 Å². The first kappa shape index (κ1) is 13.6. The number of aliphatic hydroxyl groups is 1. The summed E-state index contributed by atoms with van der Waals surface area (Å²) in [5, 5.41) is 11.0. The van der Waals surface area contributed by atoms with Crippen LogP contribution in [0.1, 0.15) is 39.7 Å². The second-order valence-electron chi connectivity index (χ2n) is 5.63. The summed E-state index contributed by atoms with van der Waals surface area (Å²) >= 11 is 0. The highest BCUT2D eigenvalue weighted by atomic mass is 16.6. The van der Waals surface area contributed by atoms with E-state index in [-0.39, 0.29) is 12.0 Å². The summed E-state index contributed by atoms with van der Waals surface area (Å²) in [6.45, 7) is 8.64. The van der Waals surface area contributed by atoms with Gasteiger partial charge in [0.2, 0.25) is 0 Å². The van der Waals surface area contributed by atoms with Crippen molar-refractivity contribution >= 4 is 0 Å². The Bertz CT molecular complexity index is 387. The number of hydrogen-bond donors (Lipinski definition) is 1. The molecule has 0 radical (unpaired) electrons. The number of rotatable bonds is 2. The Kier molecular flexibility index (Phi) is 3.79. The summed E-state index contributed by atoms with van der Waals surface area (Å²) in [5.41, 5.74) is 0.870. The Labute approximate surface area is 110 Å². The molecule has 100 valence electrons. The van der Waals surface area contributed by atoms with Crippen LogP contribution in [-0.4, -0.2) is 11.2 Å². The number of benzene rings is 1. The third-order valence-corrected chi connectivity index (χ3v) is 4.74. The molecule has 1 aromatic rings. The van der Waals surface area contributed by atoms with Gasteiger partial charge in [0.15, 0.2) is 5.79 Å². The van der Waals surface area contributed by atoms with Gasteiger partial charge in [-0.2, -0.15) is 0 Å². The van der Waals surface area contributed by atoms with Gasteiger partial charge in [0.25, 0.3) is 0 Å². The van der Waals surface area contributed by atoms with E-state index >= 15 is 0 Å². The second kappa shape index (κ2) is 5.02. The summed E-state index contributed by atoms with van der Waals surface area (Å²) in [7, 11) is 0. The Balaban J connectivity index is 2.37. The molecule has 0 aromatic heterocycles. The van der Waals surface area contributed by atoms with Gasteiger partial charge in [-0.05, 0) is 18.3 Å². The molecular weight excluding hydrogens is 224 g/mol. The molecule has 1 heterocycles. The molecule has 1 N–H and O–H groups in total. The first-order valence-electron chi connectivity index (χ1n) is 6.96. The highest BCUT2D eigenvalue weighted by molar-refractivity contribution is 5.22. The van der Waals surface area contributed by atoms with Gasteiger partial charge in [-0.15, -0.1) is 0 Å². The van der Waals surface area contributed by atoms with Crippen LogP contribution in [0.3, 0.4) is 0 Å². The lowest BCUT2D eigenvalue weighted by atomic mass is 9.72. The summed E-state index contributed by atoms with van der Waals surface area (Å²) in [6, 6.07) is 9.77. The largest absolute Gasteiger partial charge is 0.362 e. The summed E-state index contributed by atoms with van der Waals surface area (Å²) < 4.78 is 6.06. The van der Waals surface area contributed by atoms with Gasteiger partial charge in [-0.25, -0.2) is 0 Å². The highest BCUT2D eigenvalue weighted by Gasteiger charge is 2.48. The number of hydrogen-bond acceptors (Lipinski definition) is 2. The molecule has 1 aromatic carbocycles. The molecule has 1 aliphatic heterocycles. The SMILES string of the molecule is CC[C@H]1OC(O)(c2ccccc2)[C@H](C)[C@@H](C)[C@@H]1C. The maximum atomic E-state index is 11.0. The third-order valence-electron chi connectivity index (χ3n) is 4.74. The van der Waals surface area contributed by atoms with Gasteiger partial charge < -0.3 is 9.84 Å². The minimum atomic E-state index is -1.14. The van der Waals surface area contributed by atoms with Crippen molar-refractivity contribution in [3.05, 3.63) is 35.9 Å². The van der Waals surface area contributed by atoms with Crippen molar-refractivity contribution in [1.29, 1.82) is 0 Å². The highest BCUT2D eigenvalue weighted by Crippen LogP contribution is 2.46. The van der Waals surface area contributed by atoms with E-state index in [4.69, 9.17) is 4.74 Å². The van der Waals surface area contributed by atoms with Gasteiger partial charge in [0.1, 0.15) is 0 Å². The van der Waals surface area contributed by atoms with E-state index in [1.807, 2.05) is 30.3 Å². The van der Waals surface area contributed by atoms with E-state index in [0.29, 0.717) is 11.8 Å². The predicted octanol–water partition coefficient (Wildman–Crippen LogP) is 3.55. The van der Waals surface area contributed by atoms with Crippen molar-refractivity contribution in [3.8, 4) is 0 Å². The smallest absolute Gasteiger partial charge is 0.195 e. The molecule has 1 unspecified atom stereocenters. The molecule has 0 bridgehead atoms. The normalized spacial score (nSPS) is 40.7. The lowest BCUT2D eigenvalue weighted by molar-refractivity contribution is -0.316. The molecule has 18 heavy (non-hydrogen) atoms. The molecule has 2 heteroatoms. The monoisotopic (exact) mass is 248 g/mol. The predicted molar refractivity (Wildman–Crippen MR) is 73.0 cm³/mol. The van der Waals surface area contributed by atoms with Crippen molar-refractivity contribution in [2.45, 2.75) is 46.0 Å². The molecule has 1 fully saturated rings. The zero-order valence-corrected chi connectivity index (χ0v) is 11.8. The summed E-state index contributed by atoms with van der Waals surface area (Å²) in [6.07, 6.45) is 1.06. The molecule has 5 atom stereocenters. The van der Waals surface area contributed by atoms with Crippen LogP contribution < -0.4 is 0 Å². The molecule has 0 amide bonds. The van der Waals surface area contributed by atoms with Crippen molar-refractivity contribution < 1.29 is 9.84 Å².